The number of nitrogens with one attached hydrogen (secondary N) is 1. The van der Waals surface area contributed by atoms with Crippen LogP contribution >= 0.6 is 11.3 Å². The molecule has 0 bridgehead atoms. The van der Waals surface area contributed by atoms with Crippen molar-refractivity contribution in [2.45, 2.75) is 0 Å². The van der Waals surface area contributed by atoms with Gasteiger partial charge >= 0.3 is 0 Å². The van der Waals surface area contributed by atoms with Crippen molar-refractivity contribution in [3.05, 3.63) is 59.1 Å². The number of pyridine rings is 1. The second-order valence-corrected chi connectivity index (χ2v) is 5.05. The first-order chi connectivity index (χ1) is 9.78. The van der Waals surface area contributed by atoms with Crippen LogP contribution in [0.25, 0.3) is 10.1 Å². The van der Waals surface area contributed by atoms with E-state index in [1.165, 1.54) is 17.5 Å². The molecule has 0 aliphatic heterocycles. The smallest absolute Gasteiger partial charge is 0.258 e. The SMILES string of the molecule is N#Cc1ccc(NC(=O)c2csc3ccccc23)nc1. The normalized spacial score (nSPS) is 10.2. The van der Waals surface area contributed by atoms with Crippen LogP contribution in [0, 0.1) is 11.3 Å². The Hall–Kier alpha value is -2.71. The summed E-state index contributed by atoms with van der Waals surface area (Å²) in [7, 11) is 0. The maximum Gasteiger partial charge on any atom is 0.258 e. The third-order valence-electron chi connectivity index (χ3n) is 2.86. The van der Waals surface area contributed by atoms with Crippen LogP contribution in [0.3, 0.4) is 0 Å². The summed E-state index contributed by atoms with van der Waals surface area (Å²) in [6.07, 6.45) is 1.43. The Bertz CT molecular complexity index is 815. The number of carbonyl (C=O) groups is 1. The fourth-order valence-electron chi connectivity index (χ4n) is 1.87. The highest BCUT2D eigenvalue weighted by atomic mass is 32.1. The van der Waals surface area contributed by atoms with Crippen LogP contribution in [0.1, 0.15) is 15.9 Å². The van der Waals surface area contributed by atoms with Gasteiger partial charge in [0.1, 0.15) is 11.9 Å². The van der Waals surface area contributed by atoms with Crippen molar-refractivity contribution < 1.29 is 4.79 Å². The van der Waals surface area contributed by atoms with E-state index in [0.717, 1.165) is 10.1 Å². The number of nitrogens with zero attached hydrogens (tertiary/aromatic N) is 2. The van der Waals surface area contributed by atoms with Crippen molar-refractivity contribution in [1.29, 1.82) is 5.26 Å². The van der Waals surface area contributed by atoms with Gasteiger partial charge in [-0.1, -0.05) is 18.2 Å². The lowest BCUT2D eigenvalue weighted by Crippen LogP contribution is -2.12. The molecule has 0 saturated carbocycles. The van der Waals surface area contributed by atoms with E-state index < -0.39 is 0 Å². The lowest BCUT2D eigenvalue weighted by atomic mass is 10.1. The predicted octanol–water partition coefficient (Wildman–Crippen LogP) is 3.42. The molecule has 0 atom stereocenters. The molecule has 5 heteroatoms. The number of carbonyl (C=O) groups excluding carboxylic acids is 1. The topological polar surface area (TPSA) is 65.8 Å². The molecule has 0 aliphatic rings. The number of anilines is 1. The van der Waals surface area contributed by atoms with Crippen LogP contribution in [0.4, 0.5) is 5.82 Å². The average molecular weight is 279 g/mol. The van der Waals surface area contributed by atoms with Gasteiger partial charge in [-0.3, -0.25) is 4.79 Å². The summed E-state index contributed by atoms with van der Waals surface area (Å²) in [6.45, 7) is 0. The molecular formula is C15H9N3OS. The minimum Gasteiger partial charge on any atom is -0.307 e. The van der Waals surface area contributed by atoms with Gasteiger partial charge < -0.3 is 5.32 Å². The van der Waals surface area contributed by atoms with Crippen molar-refractivity contribution >= 4 is 33.1 Å². The molecular weight excluding hydrogens is 270 g/mol. The Balaban J connectivity index is 1.87. The number of hydrogen-bond donors (Lipinski definition) is 1. The molecule has 0 aliphatic carbocycles. The number of thiophene rings is 1. The third kappa shape index (κ3) is 2.25. The molecule has 2 aromatic heterocycles. The van der Waals surface area contributed by atoms with Crippen molar-refractivity contribution in [3.63, 3.8) is 0 Å². The summed E-state index contributed by atoms with van der Waals surface area (Å²) in [4.78, 5) is 16.3. The Morgan fingerprint density at radius 2 is 2.10 bits per heavy atom. The average Bonchev–Trinajstić information content (AvgIpc) is 2.92. The van der Waals surface area contributed by atoms with E-state index in [9.17, 15) is 4.79 Å². The van der Waals surface area contributed by atoms with E-state index in [1.807, 2.05) is 35.7 Å². The second-order valence-electron chi connectivity index (χ2n) is 4.14. The van der Waals surface area contributed by atoms with E-state index in [-0.39, 0.29) is 5.91 Å². The lowest BCUT2D eigenvalue weighted by molar-refractivity contribution is 0.102. The van der Waals surface area contributed by atoms with E-state index in [2.05, 4.69) is 10.3 Å². The van der Waals surface area contributed by atoms with Crippen molar-refractivity contribution in [3.8, 4) is 6.07 Å². The Morgan fingerprint density at radius 1 is 1.25 bits per heavy atom. The van der Waals surface area contributed by atoms with Crippen LogP contribution in [0.5, 0.6) is 0 Å². The molecule has 1 aromatic carbocycles. The molecule has 1 N–H and O–H groups in total. The minimum atomic E-state index is -0.195. The Kier molecular flexibility index (Phi) is 3.15. The summed E-state index contributed by atoms with van der Waals surface area (Å²) in [5.74, 6) is 0.240. The third-order valence-corrected chi connectivity index (χ3v) is 3.82. The number of aromatic nitrogens is 1. The molecule has 3 rings (SSSR count). The van der Waals surface area contributed by atoms with Crippen molar-refractivity contribution in [2.75, 3.05) is 5.32 Å². The zero-order valence-corrected chi connectivity index (χ0v) is 11.1. The summed E-state index contributed by atoms with van der Waals surface area (Å²) < 4.78 is 1.07. The zero-order chi connectivity index (χ0) is 13.9. The molecule has 0 saturated heterocycles. The summed E-state index contributed by atoms with van der Waals surface area (Å²) >= 11 is 1.53. The van der Waals surface area contributed by atoms with Crippen molar-refractivity contribution in [2.24, 2.45) is 0 Å². The molecule has 0 unspecified atom stereocenters. The van der Waals surface area contributed by atoms with E-state index >= 15 is 0 Å². The quantitative estimate of drug-likeness (QED) is 0.781. The molecule has 20 heavy (non-hydrogen) atoms. The largest absolute Gasteiger partial charge is 0.307 e. The summed E-state index contributed by atoms with van der Waals surface area (Å²) in [6, 6.07) is 13.0. The number of fused-ring (bicyclic) bond motifs is 1. The van der Waals surface area contributed by atoms with Gasteiger partial charge in [-0.15, -0.1) is 11.3 Å². The molecule has 0 fully saturated rings. The van der Waals surface area contributed by atoms with Gasteiger partial charge in [-0.2, -0.15) is 5.26 Å². The molecule has 0 radical (unpaired) electrons. The Morgan fingerprint density at radius 3 is 2.85 bits per heavy atom. The van der Waals surface area contributed by atoms with Crippen LogP contribution in [0.2, 0.25) is 0 Å². The predicted molar refractivity (Wildman–Crippen MR) is 78.7 cm³/mol. The Labute approximate surface area is 119 Å². The molecule has 2 heterocycles. The monoisotopic (exact) mass is 279 g/mol. The van der Waals surface area contributed by atoms with E-state index in [4.69, 9.17) is 5.26 Å². The lowest BCUT2D eigenvalue weighted by Gasteiger charge is -2.03. The molecule has 0 spiro atoms. The van der Waals surface area contributed by atoms with Gasteiger partial charge in [0.15, 0.2) is 0 Å². The standard InChI is InChI=1S/C15H9N3OS/c16-7-10-5-6-14(17-8-10)18-15(19)12-9-20-13-4-2-1-3-11(12)13/h1-6,8-9H,(H,17,18,19). The summed E-state index contributed by atoms with van der Waals surface area (Å²) in [5, 5.41) is 14.2. The van der Waals surface area contributed by atoms with Gasteiger partial charge in [-0.05, 0) is 18.2 Å². The van der Waals surface area contributed by atoms with Crippen LogP contribution in [0.15, 0.2) is 48.0 Å². The van der Waals surface area contributed by atoms with E-state index in [1.54, 1.807) is 12.1 Å². The van der Waals surface area contributed by atoms with Gasteiger partial charge in [0.05, 0.1) is 11.1 Å². The second kappa shape index (κ2) is 5.11. The minimum absolute atomic E-state index is 0.195. The van der Waals surface area contributed by atoms with Crippen LogP contribution < -0.4 is 5.32 Å². The van der Waals surface area contributed by atoms with Crippen LogP contribution in [-0.2, 0) is 0 Å². The number of amides is 1. The maximum atomic E-state index is 12.2. The summed E-state index contributed by atoms with van der Waals surface area (Å²) in [5.41, 5.74) is 1.10. The highest BCUT2D eigenvalue weighted by Gasteiger charge is 2.12. The molecule has 3 aromatic rings. The molecule has 4 nitrogen and oxygen atoms in total. The number of benzene rings is 1. The van der Waals surface area contributed by atoms with Gasteiger partial charge in [0, 0.05) is 21.7 Å². The molecule has 1 amide bonds. The number of rotatable bonds is 2. The van der Waals surface area contributed by atoms with Crippen molar-refractivity contribution in [1.82, 2.24) is 4.98 Å². The van der Waals surface area contributed by atoms with Crippen LogP contribution in [-0.4, -0.2) is 10.9 Å². The van der Waals surface area contributed by atoms with Gasteiger partial charge in [0.25, 0.3) is 5.91 Å². The first-order valence-corrected chi connectivity index (χ1v) is 6.79. The van der Waals surface area contributed by atoms with Gasteiger partial charge in [-0.25, -0.2) is 4.98 Å². The number of nitriles is 1. The van der Waals surface area contributed by atoms with E-state index in [0.29, 0.717) is 16.9 Å². The number of hydrogen-bond acceptors (Lipinski definition) is 4. The molecule has 96 valence electrons. The highest BCUT2D eigenvalue weighted by Crippen LogP contribution is 2.26. The zero-order valence-electron chi connectivity index (χ0n) is 10.3. The first kappa shape index (κ1) is 12.3. The maximum absolute atomic E-state index is 12.2. The fourth-order valence-corrected chi connectivity index (χ4v) is 2.81. The highest BCUT2D eigenvalue weighted by molar-refractivity contribution is 7.17. The first-order valence-electron chi connectivity index (χ1n) is 5.91. The van der Waals surface area contributed by atoms with Gasteiger partial charge in [0.2, 0.25) is 0 Å². The fraction of sp³-hybridized carbons (Fsp3) is 0.